The average molecular weight is 400 g/mol. The molecule has 10 heteroatoms. The van der Waals surface area contributed by atoms with Crippen LogP contribution in [0.2, 0.25) is 0 Å². The van der Waals surface area contributed by atoms with E-state index in [1.807, 2.05) is 0 Å². The van der Waals surface area contributed by atoms with Gasteiger partial charge in [0.05, 0.1) is 24.7 Å². The molecule has 0 radical (unpaired) electrons. The Hall–Kier alpha value is -2.46. The molecule has 0 atom stereocenters. The summed E-state index contributed by atoms with van der Waals surface area (Å²) in [6, 6.07) is 12.8. The second kappa shape index (κ2) is 8.28. The molecule has 0 fully saturated rings. The zero-order valence-electron chi connectivity index (χ0n) is 14.3. The lowest BCUT2D eigenvalue weighted by molar-refractivity contribution is 0.340. The summed E-state index contributed by atoms with van der Waals surface area (Å²) in [7, 11) is -5.55. The van der Waals surface area contributed by atoms with Crippen molar-refractivity contribution in [1.82, 2.24) is 0 Å². The van der Waals surface area contributed by atoms with Gasteiger partial charge in [-0.1, -0.05) is 6.07 Å². The molecule has 8 nitrogen and oxygen atoms in total. The lowest BCUT2D eigenvalue weighted by atomic mass is 10.3. The molecule has 2 aromatic carbocycles. The quantitative estimate of drug-likeness (QED) is 0.665. The summed E-state index contributed by atoms with van der Waals surface area (Å²) in [5, 5.41) is 0. The second-order valence-corrected chi connectivity index (χ2v) is 8.99. The SMILES string of the molecule is COc1ccc(OCCS(=O)(=O)Nc2cccc(NS(C)(=O)=O)c2)cc1. The summed E-state index contributed by atoms with van der Waals surface area (Å²) in [5.74, 6) is 0.942. The molecule has 0 aliphatic heterocycles. The highest BCUT2D eigenvalue weighted by atomic mass is 32.2. The number of rotatable bonds is 9. The van der Waals surface area contributed by atoms with Gasteiger partial charge in [0, 0.05) is 0 Å². The van der Waals surface area contributed by atoms with Gasteiger partial charge in [0.25, 0.3) is 0 Å². The van der Waals surface area contributed by atoms with Crippen molar-refractivity contribution in [1.29, 1.82) is 0 Å². The van der Waals surface area contributed by atoms with E-state index < -0.39 is 20.0 Å². The third-order valence-electron chi connectivity index (χ3n) is 3.12. The van der Waals surface area contributed by atoms with E-state index in [9.17, 15) is 16.8 Å². The molecule has 0 unspecified atom stereocenters. The van der Waals surface area contributed by atoms with Crippen LogP contribution in [0, 0.1) is 0 Å². The third kappa shape index (κ3) is 6.81. The van der Waals surface area contributed by atoms with Gasteiger partial charge < -0.3 is 9.47 Å². The topological polar surface area (TPSA) is 111 Å². The number of hydrogen-bond donors (Lipinski definition) is 2. The minimum Gasteiger partial charge on any atom is -0.497 e. The number of anilines is 2. The lowest BCUT2D eigenvalue weighted by Gasteiger charge is -2.11. The summed E-state index contributed by atoms with van der Waals surface area (Å²) in [4.78, 5) is 0. The van der Waals surface area contributed by atoms with E-state index >= 15 is 0 Å². The fourth-order valence-corrected chi connectivity index (χ4v) is 3.48. The summed E-state index contributed by atoms with van der Waals surface area (Å²) >= 11 is 0. The molecule has 2 N–H and O–H groups in total. The summed E-state index contributed by atoms with van der Waals surface area (Å²) in [6.45, 7) is -0.0387. The van der Waals surface area contributed by atoms with Crippen molar-refractivity contribution in [3.8, 4) is 11.5 Å². The molecule has 2 aromatic rings. The van der Waals surface area contributed by atoms with Crippen molar-refractivity contribution in [2.75, 3.05) is 35.2 Å². The van der Waals surface area contributed by atoms with E-state index in [1.54, 1.807) is 37.4 Å². The Bertz CT molecular complexity index is 941. The number of benzene rings is 2. The number of sulfonamides is 2. The van der Waals surface area contributed by atoms with Crippen molar-refractivity contribution < 1.29 is 26.3 Å². The molecule has 0 spiro atoms. The summed E-state index contributed by atoms with van der Waals surface area (Å²) in [6.07, 6.45) is 1.01. The van der Waals surface area contributed by atoms with Gasteiger partial charge in [0.15, 0.2) is 0 Å². The molecule has 0 saturated carbocycles. The van der Waals surface area contributed by atoms with Crippen LogP contribution in [0.15, 0.2) is 48.5 Å². The third-order valence-corrected chi connectivity index (χ3v) is 4.98. The van der Waals surface area contributed by atoms with Crippen LogP contribution >= 0.6 is 0 Å². The van der Waals surface area contributed by atoms with E-state index in [1.165, 1.54) is 18.2 Å². The van der Waals surface area contributed by atoms with Crippen molar-refractivity contribution in [2.24, 2.45) is 0 Å². The highest BCUT2D eigenvalue weighted by Crippen LogP contribution is 2.18. The zero-order valence-corrected chi connectivity index (χ0v) is 15.9. The first-order valence-corrected chi connectivity index (χ1v) is 11.1. The monoisotopic (exact) mass is 400 g/mol. The van der Waals surface area contributed by atoms with Crippen molar-refractivity contribution in [3.05, 3.63) is 48.5 Å². The number of nitrogens with one attached hydrogen (secondary N) is 2. The Morgan fingerprint density at radius 1 is 0.885 bits per heavy atom. The first kappa shape index (κ1) is 19.9. The minimum atomic E-state index is -3.65. The summed E-state index contributed by atoms with van der Waals surface area (Å²) in [5.41, 5.74) is 0.519. The molecule has 0 aliphatic rings. The van der Waals surface area contributed by atoms with Crippen LogP contribution in [0.3, 0.4) is 0 Å². The first-order valence-electron chi connectivity index (χ1n) is 7.52. The van der Waals surface area contributed by atoms with Crippen LogP contribution in [-0.2, 0) is 20.0 Å². The zero-order chi connectivity index (χ0) is 19.2. The fraction of sp³-hybridized carbons (Fsp3) is 0.250. The Kier molecular flexibility index (Phi) is 6.32. The van der Waals surface area contributed by atoms with Crippen LogP contribution in [0.1, 0.15) is 0 Å². The Morgan fingerprint density at radius 3 is 2.04 bits per heavy atom. The second-order valence-electron chi connectivity index (χ2n) is 5.40. The maximum atomic E-state index is 12.1. The van der Waals surface area contributed by atoms with Crippen molar-refractivity contribution >= 4 is 31.4 Å². The van der Waals surface area contributed by atoms with E-state index in [0.717, 1.165) is 6.26 Å². The van der Waals surface area contributed by atoms with Gasteiger partial charge in [0.2, 0.25) is 20.0 Å². The molecule has 0 amide bonds. The Morgan fingerprint density at radius 2 is 1.46 bits per heavy atom. The highest BCUT2D eigenvalue weighted by Gasteiger charge is 2.12. The largest absolute Gasteiger partial charge is 0.497 e. The Labute approximate surface area is 153 Å². The molecule has 0 saturated heterocycles. The molecule has 26 heavy (non-hydrogen) atoms. The molecule has 0 heterocycles. The van der Waals surface area contributed by atoms with Crippen LogP contribution < -0.4 is 18.9 Å². The number of ether oxygens (including phenoxy) is 2. The van der Waals surface area contributed by atoms with Gasteiger partial charge in [-0.2, -0.15) is 0 Å². The van der Waals surface area contributed by atoms with Gasteiger partial charge in [0.1, 0.15) is 23.9 Å². The molecule has 0 bridgehead atoms. The van der Waals surface area contributed by atoms with E-state index in [-0.39, 0.29) is 23.7 Å². The van der Waals surface area contributed by atoms with Crippen LogP contribution in [0.25, 0.3) is 0 Å². The maximum absolute atomic E-state index is 12.1. The standard InChI is InChI=1S/C16H20N2O6S2/c1-23-15-6-8-16(9-7-15)24-10-11-26(21,22)18-14-5-3-4-13(12-14)17-25(2,19)20/h3-9,12,17-18H,10-11H2,1-2H3. The maximum Gasteiger partial charge on any atom is 0.236 e. The molecule has 0 aliphatic carbocycles. The van der Waals surface area contributed by atoms with Gasteiger partial charge in [-0.05, 0) is 42.5 Å². The molecule has 0 aromatic heterocycles. The predicted octanol–water partition coefficient (Wildman–Crippen LogP) is 1.89. The predicted molar refractivity (Wildman–Crippen MR) is 101 cm³/mol. The normalized spacial score (nSPS) is 11.6. The van der Waals surface area contributed by atoms with Gasteiger partial charge in [-0.25, -0.2) is 16.8 Å². The molecule has 142 valence electrons. The number of hydrogen-bond acceptors (Lipinski definition) is 6. The summed E-state index contributed by atoms with van der Waals surface area (Å²) < 4.78 is 61.9. The minimum absolute atomic E-state index is 0.0387. The van der Waals surface area contributed by atoms with Crippen LogP contribution in [-0.4, -0.2) is 42.6 Å². The smallest absolute Gasteiger partial charge is 0.236 e. The van der Waals surface area contributed by atoms with Crippen LogP contribution in [0.5, 0.6) is 11.5 Å². The average Bonchev–Trinajstić information content (AvgIpc) is 2.53. The lowest BCUT2D eigenvalue weighted by Crippen LogP contribution is -2.21. The van der Waals surface area contributed by atoms with E-state index in [4.69, 9.17) is 9.47 Å². The van der Waals surface area contributed by atoms with E-state index in [0.29, 0.717) is 11.5 Å². The highest BCUT2D eigenvalue weighted by molar-refractivity contribution is 7.92. The van der Waals surface area contributed by atoms with Crippen molar-refractivity contribution in [2.45, 2.75) is 0 Å². The molecular weight excluding hydrogens is 380 g/mol. The van der Waals surface area contributed by atoms with Crippen molar-refractivity contribution in [3.63, 3.8) is 0 Å². The van der Waals surface area contributed by atoms with Crippen LogP contribution in [0.4, 0.5) is 11.4 Å². The molecular formula is C16H20N2O6S2. The van der Waals surface area contributed by atoms with Gasteiger partial charge >= 0.3 is 0 Å². The number of methoxy groups -OCH3 is 1. The van der Waals surface area contributed by atoms with Gasteiger partial charge in [-0.3, -0.25) is 9.44 Å². The van der Waals surface area contributed by atoms with E-state index in [2.05, 4.69) is 9.44 Å². The first-order chi connectivity index (χ1) is 12.2. The fourth-order valence-electron chi connectivity index (χ4n) is 2.03. The Balaban J connectivity index is 1.92. The molecule has 2 rings (SSSR count). The van der Waals surface area contributed by atoms with Gasteiger partial charge in [-0.15, -0.1) is 0 Å².